The maximum atomic E-state index is 12.8. The van der Waals surface area contributed by atoms with Crippen molar-refractivity contribution in [3.05, 3.63) is 41.5 Å². The van der Waals surface area contributed by atoms with E-state index in [0.717, 1.165) is 6.07 Å². The van der Waals surface area contributed by atoms with Gasteiger partial charge in [-0.05, 0) is 17.7 Å². The summed E-state index contributed by atoms with van der Waals surface area (Å²) in [5.41, 5.74) is 0.257. The van der Waals surface area contributed by atoms with Crippen molar-refractivity contribution < 1.29 is 74.4 Å². The van der Waals surface area contributed by atoms with Gasteiger partial charge in [-0.3, -0.25) is 4.79 Å². The van der Waals surface area contributed by atoms with Crippen molar-refractivity contribution in [2.75, 3.05) is 13.2 Å². The lowest BCUT2D eigenvalue weighted by molar-refractivity contribution is -0.290. The van der Waals surface area contributed by atoms with Crippen LogP contribution < -0.4 is 9.47 Å². The topological polar surface area (TPSA) is 245 Å². The minimum absolute atomic E-state index is 0.0797. The van der Waals surface area contributed by atoms with E-state index in [0.29, 0.717) is 5.56 Å². The van der Waals surface area contributed by atoms with Gasteiger partial charge < -0.3 is 69.6 Å². The molecule has 15 nitrogen and oxygen atoms in total. The smallest absolute Gasteiger partial charge is 0.229 e. The van der Waals surface area contributed by atoms with Gasteiger partial charge in [0.1, 0.15) is 71.6 Å². The molecule has 0 radical (unpaired) electrons. The molecule has 0 saturated carbocycles. The highest BCUT2D eigenvalue weighted by Gasteiger charge is 2.48. The van der Waals surface area contributed by atoms with Gasteiger partial charge in [0, 0.05) is 12.1 Å². The second-order valence-electron chi connectivity index (χ2n) is 9.97. The molecule has 3 aliphatic heterocycles. The third kappa shape index (κ3) is 5.63. The van der Waals surface area contributed by atoms with Gasteiger partial charge in [-0.25, -0.2) is 0 Å². The first kappa shape index (κ1) is 29.2. The fourth-order valence-electron chi connectivity index (χ4n) is 4.89. The number of hydrogen-bond acceptors (Lipinski definition) is 15. The Hall–Kier alpha value is -3.25. The summed E-state index contributed by atoms with van der Waals surface area (Å²) in [4.78, 5) is 12.8. The number of aromatic hydroxyl groups is 3. The molecule has 0 amide bonds. The summed E-state index contributed by atoms with van der Waals surface area (Å²) in [5.74, 6) is -1.95. The summed E-state index contributed by atoms with van der Waals surface area (Å²) in [6.07, 6.45) is -14.6. The zero-order valence-corrected chi connectivity index (χ0v) is 21.3. The van der Waals surface area contributed by atoms with Gasteiger partial charge in [-0.1, -0.05) is 6.07 Å². The van der Waals surface area contributed by atoms with Crippen molar-refractivity contribution in [3.63, 3.8) is 0 Å². The van der Waals surface area contributed by atoms with Crippen LogP contribution in [0.25, 0.3) is 0 Å². The molecule has 41 heavy (non-hydrogen) atoms. The molecule has 2 aromatic carbocycles. The second kappa shape index (κ2) is 11.6. The molecule has 2 saturated heterocycles. The van der Waals surface area contributed by atoms with Gasteiger partial charge in [-0.15, -0.1) is 0 Å². The second-order valence-corrected chi connectivity index (χ2v) is 9.97. The van der Waals surface area contributed by atoms with E-state index in [9.17, 15) is 50.8 Å². The molecular formula is C26H30O15. The van der Waals surface area contributed by atoms with Gasteiger partial charge in [0.25, 0.3) is 0 Å². The van der Waals surface area contributed by atoms with E-state index in [4.69, 9.17) is 23.7 Å². The first-order valence-electron chi connectivity index (χ1n) is 12.7. The van der Waals surface area contributed by atoms with Gasteiger partial charge >= 0.3 is 0 Å². The molecule has 0 bridgehead atoms. The average molecular weight is 583 g/mol. The summed E-state index contributed by atoms with van der Waals surface area (Å²) < 4.78 is 27.7. The Morgan fingerprint density at radius 2 is 1.46 bits per heavy atom. The van der Waals surface area contributed by atoms with Gasteiger partial charge in [0.15, 0.2) is 23.6 Å². The Morgan fingerprint density at radius 1 is 0.780 bits per heavy atom. The van der Waals surface area contributed by atoms with Crippen LogP contribution in [0.15, 0.2) is 30.3 Å². The SMILES string of the molecule is O=C1C[C@@H](c2ccc(O)c(O)c2)Oc2cc(O[C@@H]3O[C@@H](CO[C@@H]4O[C@H](CO)[C@H](O)[C@@H]4O)[C@@H](O)[C@H](O)[C@H]3O)cc(O)c21. The first-order valence-corrected chi connectivity index (χ1v) is 12.7. The zero-order chi connectivity index (χ0) is 29.6. The van der Waals surface area contributed by atoms with Crippen LogP contribution in [0.5, 0.6) is 28.7 Å². The summed E-state index contributed by atoms with van der Waals surface area (Å²) >= 11 is 0. The number of benzene rings is 2. The van der Waals surface area contributed by atoms with Crippen LogP contribution in [-0.4, -0.2) is 120 Å². The number of ketones is 1. The number of carbonyl (C=O) groups is 1. The van der Waals surface area contributed by atoms with E-state index in [2.05, 4.69) is 0 Å². The summed E-state index contributed by atoms with van der Waals surface area (Å²) in [5, 5.41) is 90.3. The lowest BCUT2D eigenvalue weighted by atomic mass is 9.95. The zero-order valence-electron chi connectivity index (χ0n) is 21.3. The molecular weight excluding hydrogens is 552 g/mol. The fraction of sp³-hybridized carbons (Fsp3) is 0.500. The Labute approximate surface area is 231 Å². The maximum Gasteiger partial charge on any atom is 0.229 e. The number of phenolic OH excluding ortho intramolecular Hbond substituents is 3. The third-order valence-electron chi connectivity index (χ3n) is 7.19. The van der Waals surface area contributed by atoms with Crippen LogP contribution in [0.4, 0.5) is 0 Å². The summed E-state index contributed by atoms with van der Waals surface area (Å²) in [6.45, 7) is -1.08. The number of rotatable bonds is 7. The molecule has 2 fully saturated rings. The molecule has 0 unspecified atom stereocenters. The highest BCUT2D eigenvalue weighted by atomic mass is 16.7. The van der Waals surface area contributed by atoms with Crippen molar-refractivity contribution in [2.24, 2.45) is 0 Å². The van der Waals surface area contributed by atoms with E-state index in [1.807, 2.05) is 0 Å². The highest BCUT2D eigenvalue weighted by molar-refractivity contribution is 6.02. The van der Waals surface area contributed by atoms with Crippen molar-refractivity contribution in [1.29, 1.82) is 0 Å². The number of carbonyl (C=O) groups excluding carboxylic acids is 1. The van der Waals surface area contributed by atoms with Crippen LogP contribution in [0.3, 0.4) is 0 Å². The predicted molar refractivity (Wildman–Crippen MR) is 131 cm³/mol. The maximum absolute atomic E-state index is 12.8. The Morgan fingerprint density at radius 3 is 2.15 bits per heavy atom. The number of fused-ring (bicyclic) bond motifs is 1. The number of hydrogen-bond donors (Lipinski definition) is 9. The molecule has 9 N–H and O–H groups in total. The van der Waals surface area contributed by atoms with Crippen molar-refractivity contribution in [1.82, 2.24) is 0 Å². The lowest BCUT2D eigenvalue weighted by Crippen LogP contribution is -2.60. The monoisotopic (exact) mass is 582 g/mol. The summed E-state index contributed by atoms with van der Waals surface area (Å²) in [7, 11) is 0. The Kier molecular flexibility index (Phi) is 8.24. The van der Waals surface area contributed by atoms with Gasteiger partial charge in [0.2, 0.25) is 6.29 Å². The molecule has 2 aromatic rings. The Bertz CT molecular complexity index is 1270. The number of aliphatic hydroxyl groups excluding tert-OH is 6. The normalized spacial score (nSPS) is 35.1. The molecule has 0 spiro atoms. The minimum Gasteiger partial charge on any atom is -0.507 e. The molecule has 3 heterocycles. The minimum atomic E-state index is -1.77. The molecule has 5 rings (SSSR count). The first-order chi connectivity index (χ1) is 19.5. The van der Waals surface area contributed by atoms with Crippen LogP contribution in [-0.2, 0) is 14.2 Å². The quantitative estimate of drug-likeness (QED) is 0.163. The molecule has 0 aliphatic carbocycles. The van der Waals surface area contributed by atoms with Crippen molar-refractivity contribution in [2.45, 2.75) is 67.8 Å². The van der Waals surface area contributed by atoms with E-state index in [1.54, 1.807) is 0 Å². The van der Waals surface area contributed by atoms with Crippen LogP contribution in [0.1, 0.15) is 28.4 Å². The van der Waals surface area contributed by atoms with E-state index >= 15 is 0 Å². The average Bonchev–Trinajstić information content (AvgIpc) is 3.21. The molecule has 224 valence electrons. The number of Topliss-reactive ketones (excluding diaryl/α,β-unsaturated/α-hetero) is 1. The molecule has 15 heteroatoms. The van der Waals surface area contributed by atoms with E-state index < -0.39 is 91.9 Å². The number of ether oxygens (including phenoxy) is 5. The Balaban J connectivity index is 1.30. The number of phenols is 3. The highest BCUT2D eigenvalue weighted by Crippen LogP contribution is 2.43. The summed E-state index contributed by atoms with van der Waals surface area (Å²) in [6, 6.07) is 6.25. The molecule has 0 aromatic heterocycles. The third-order valence-corrected chi connectivity index (χ3v) is 7.19. The van der Waals surface area contributed by atoms with Crippen molar-refractivity contribution >= 4 is 5.78 Å². The lowest BCUT2D eigenvalue weighted by Gasteiger charge is -2.40. The van der Waals surface area contributed by atoms with Gasteiger partial charge in [-0.2, -0.15) is 0 Å². The van der Waals surface area contributed by atoms with E-state index in [-0.39, 0.29) is 29.2 Å². The van der Waals surface area contributed by atoms with Crippen molar-refractivity contribution in [3.8, 4) is 28.7 Å². The van der Waals surface area contributed by atoms with Crippen LogP contribution >= 0.6 is 0 Å². The fourth-order valence-corrected chi connectivity index (χ4v) is 4.89. The number of aliphatic hydroxyl groups is 6. The van der Waals surface area contributed by atoms with Crippen LogP contribution in [0, 0.1) is 0 Å². The molecule has 3 aliphatic rings. The predicted octanol–water partition coefficient (Wildman–Crippen LogP) is -1.85. The van der Waals surface area contributed by atoms with Gasteiger partial charge in [0.05, 0.1) is 19.6 Å². The van der Waals surface area contributed by atoms with E-state index in [1.165, 1.54) is 24.3 Å². The largest absolute Gasteiger partial charge is 0.507 e. The van der Waals surface area contributed by atoms with Crippen LogP contribution in [0.2, 0.25) is 0 Å². The molecule has 10 atom stereocenters. The standard InChI is InChI=1S/C26H30O15/c27-7-17-20(32)23(35)25(40-17)37-8-18-21(33)22(34)24(36)26(41-18)38-10-4-13(30)19-14(31)6-15(39-16(19)5-10)9-1-2-11(28)12(29)3-9/h1-5,15,17-18,20-30,32-36H,6-8H2/t15-,17+,18-,20-,21+,22-,23-,24+,25+,26+/m0/s1.